The van der Waals surface area contributed by atoms with Gasteiger partial charge in [0, 0.05) is 12.7 Å². The second-order valence-electron chi connectivity index (χ2n) is 5.45. The molecule has 1 heterocycles. The summed E-state index contributed by atoms with van der Waals surface area (Å²) in [5, 5.41) is 3.56. The van der Waals surface area contributed by atoms with Gasteiger partial charge in [0.15, 0.2) is 0 Å². The van der Waals surface area contributed by atoms with Crippen LogP contribution in [0.5, 0.6) is 0 Å². The van der Waals surface area contributed by atoms with Gasteiger partial charge in [-0.25, -0.2) is 0 Å². The highest BCUT2D eigenvalue weighted by Crippen LogP contribution is 2.48. The topological polar surface area (TPSA) is 41.3 Å². The Morgan fingerprint density at radius 2 is 2.00 bits per heavy atom. The number of hydrogen-bond donors (Lipinski definition) is 2. The second kappa shape index (κ2) is 4.40. The van der Waals surface area contributed by atoms with E-state index in [0.29, 0.717) is 5.41 Å². The Morgan fingerprint density at radius 1 is 1.33 bits per heavy atom. The third-order valence-corrected chi connectivity index (χ3v) is 4.75. The van der Waals surface area contributed by atoms with E-state index in [-0.39, 0.29) is 0 Å². The van der Waals surface area contributed by atoms with Crippen molar-refractivity contribution in [1.82, 2.24) is 10.2 Å². The normalized spacial score (nSPS) is 36.2. The number of rotatable bonds is 2. The highest BCUT2D eigenvalue weighted by atomic mass is 15.2. The van der Waals surface area contributed by atoms with Crippen LogP contribution in [-0.4, -0.2) is 37.7 Å². The van der Waals surface area contributed by atoms with Crippen LogP contribution < -0.4 is 11.1 Å². The van der Waals surface area contributed by atoms with Gasteiger partial charge in [-0.05, 0) is 57.2 Å². The third-order valence-electron chi connectivity index (χ3n) is 4.75. The summed E-state index contributed by atoms with van der Waals surface area (Å²) < 4.78 is 0. The Balaban J connectivity index is 2.02. The lowest BCUT2D eigenvalue weighted by molar-refractivity contribution is 0.0814. The van der Waals surface area contributed by atoms with Gasteiger partial charge >= 0.3 is 0 Å². The summed E-state index contributed by atoms with van der Waals surface area (Å²) in [5.74, 6) is 0.847. The lowest BCUT2D eigenvalue weighted by atomic mass is 9.73. The maximum atomic E-state index is 5.70. The first-order valence-electron chi connectivity index (χ1n) is 6.31. The van der Waals surface area contributed by atoms with Gasteiger partial charge in [0.1, 0.15) is 0 Å². The Hall–Kier alpha value is -0.120. The van der Waals surface area contributed by atoms with Crippen LogP contribution in [-0.2, 0) is 0 Å². The molecule has 1 saturated heterocycles. The van der Waals surface area contributed by atoms with Crippen LogP contribution in [0.4, 0.5) is 0 Å². The largest absolute Gasteiger partial charge is 0.318 e. The molecule has 0 aromatic carbocycles. The summed E-state index contributed by atoms with van der Waals surface area (Å²) in [6.45, 7) is 5.52. The van der Waals surface area contributed by atoms with Gasteiger partial charge < -0.3 is 11.1 Å². The van der Waals surface area contributed by atoms with Crippen molar-refractivity contribution < 1.29 is 0 Å². The molecule has 1 aliphatic heterocycles. The van der Waals surface area contributed by atoms with Crippen LogP contribution in [0.1, 0.15) is 32.6 Å². The molecule has 0 aromatic heterocycles. The minimum Gasteiger partial charge on any atom is -0.318 e. The van der Waals surface area contributed by atoms with Crippen molar-refractivity contribution in [2.24, 2.45) is 17.1 Å². The van der Waals surface area contributed by atoms with Gasteiger partial charge in [-0.1, -0.05) is 6.92 Å². The zero-order valence-electron chi connectivity index (χ0n) is 10.1. The van der Waals surface area contributed by atoms with E-state index in [1.54, 1.807) is 0 Å². The highest BCUT2D eigenvalue weighted by Gasteiger charge is 2.46. The fourth-order valence-corrected chi connectivity index (χ4v) is 3.77. The molecule has 3 nitrogen and oxygen atoms in total. The number of nitrogens with two attached hydrogens (primary N) is 1. The summed E-state index contributed by atoms with van der Waals surface area (Å²) in [4.78, 5) is 2.38. The van der Waals surface area contributed by atoms with Gasteiger partial charge in [-0.2, -0.15) is 0 Å². The standard InChI is InChI=1S/C12H25N3/c1-10-3-4-12(11(10)14-2)5-7-15(9-13)8-6-12/h10-11,14H,3-9,13H2,1-2H3. The van der Waals surface area contributed by atoms with Gasteiger partial charge in [-0.3, -0.25) is 4.90 Å². The van der Waals surface area contributed by atoms with Crippen molar-refractivity contribution >= 4 is 0 Å². The Kier molecular flexibility index (Phi) is 3.33. The smallest absolute Gasteiger partial charge is 0.0455 e. The maximum Gasteiger partial charge on any atom is 0.0455 e. The number of likely N-dealkylation sites (tertiary alicyclic amines) is 1. The molecular weight excluding hydrogens is 186 g/mol. The first-order chi connectivity index (χ1) is 7.22. The molecule has 1 spiro atoms. The van der Waals surface area contributed by atoms with E-state index in [4.69, 9.17) is 5.73 Å². The van der Waals surface area contributed by atoms with Crippen molar-refractivity contribution in [1.29, 1.82) is 0 Å². The van der Waals surface area contributed by atoms with E-state index in [1.165, 1.54) is 38.8 Å². The highest BCUT2D eigenvalue weighted by molar-refractivity contribution is 5.01. The molecule has 2 rings (SSSR count). The predicted molar refractivity (Wildman–Crippen MR) is 63.5 cm³/mol. The number of piperidine rings is 1. The van der Waals surface area contributed by atoms with Crippen molar-refractivity contribution in [2.75, 3.05) is 26.8 Å². The van der Waals surface area contributed by atoms with Crippen LogP contribution in [0.25, 0.3) is 0 Å². The van der Waals surface area contributed by atoms with Crippen LogP contribution in [0.2, 0.25) is 0 Å². The lowest BCUT2D eigenvalue weighted by Crippen LogP contribution is -2.50. The van der Waals surface area contributed by atoms with Crippen molar-refractivity contribution in [2.45, 2.75) is 38.6 Å². The molecule has 2 unspecified atom stereocenters. The van der Waals surface area contributed by atoms with Gasteiger partial charge in [-0.15, -0.1) is 0 Å². The second-order valence-corrected chi connectivity index (χ2v) is 5.45. The summed E-state index contributed by atoms with van der Waals surface area (Å²) >= 11 is 0. The Morgan fingerprint density at radius 3 is 2.53 bits per heavy atom. The fourth-order valence-electron chi connectivity index (χ4n) is 3.77. The summed E-state index contributed by atoms with van der Waals surface area (Å²) in [6, 6.07) is 0.734. The number of hydrogen-bond acceptors (Lipinski definition) is 3. The molecule has 0 amide bonds. The molecule has 0 bridgehead atoms. The van der Waals surface area contributed by atoms with Gasteiger partial charge in [0.05, 0.1) is 0 Å². The summed E-state index contributed by atoms with van der Waals surface area (Å²) in [7, 11) is 2.13. The SMILES string of the molecule is CNC1C(C)CCC12CCN(CN)CC2. The maximum absolute atomic E-state index is 5.70. The summed E-state index contributed by atoms with van der Waals surface area (Å²) in [5.41, 5.74) is 6.28. The van der Waals surface area contributed by atoms with Crippen LogP contribution in [0.3, 0.4) is 0 Å². The number of nitrogens with one attached hydrogen (secondary N) is 1. The molecule has 1 aliphatic carbocycles. The minimum absolute atomic E-state index is 0.583. The molecule has 3 heteroatoms. The van der Waals surface area contributed by atoms with E-state index in [1.807, 2.05) is 0 Å². The van der Waals surface area contributed by atoms with E-state index >= 15 is 0 Å². The Labute approximate surface area is 93.4 Å². The number of nitrogens with zero attached hydrogens (tertiary/aromatic N) is 1. The first-order valence-corrected chi connectivity index (χ1v) is 6.31. The molecule has 88 valence electrons. The first kappa shape index (κ1) is 11.4. The van der Waals surface area contributed by atoms with Crippen molar-refractivity contribution in [3.05, 3.63) is 0 Å². The molecule has 0 radical (unpaired) electrons. The fraction of sp³-hybridized carbons (Fsp3) is 1.00. The van der Waals surface area contributed by atoms with Crippen LogP contribution in [0.15, 0.2) is 0 Å². The quantitative estimate of drug-likeness (QED) is 0.716. The minimum atomic E-state index is 0.583. The van der Waals surface area contributed by atoms with Crippen LogP contribution in [0, 0.1) is 11.3 Å². The average Bonchev–Trinajstić information content (AvgIpc) is 2.57. The molecule has 0 aromatic rings. The zero-order valence-corrected chi connectivity index (χ0v) is 10.1. The van der Waals surface area contributed by atoms with Crippen molar-refractivity contribution in [3.8, 4) is 0 Å². The van der Waals surface area contributed by atoms with Crippen molar-refractivity contribution in [3.63, 3.8) is 0 Å². The summed E-state index contributed by atoms with van der Waals surface area (Å²) in [6.07, 6.45) is 5.48. The molecule has 2 atom stereocenters. The monoisotopic (exact) mass is 211 g/mol. The zero-order chi connectivity index (χ0) is 10.9. The third kappa shape index (κ3) is 1.93. The molecule has 2 fully saturated rings. The van der Waals surface area contributed by atoms with Crippen LogP contribution >= 0.6 is 0 Å². The molecule has 1 saturated carbocycles. The lowest BCUT2D eigenvalue weighted by Gasteiger charge is -2.43. The average molecular weight is 211 g/mol. The molecular formula is C12H25N3. The van der Waals surface area contributed by atoms with E-state index < -0.39 is 0 Å². The molecule has 3 N–H and O–H groups in total. The molecule has 15 heavy (non-hydrogen) atoms. The van der Waals surface area contributed by atoms with Gasteiger partial charge in [0.25, 0.3) is 0 Å². The molecule has 2 aliphatic rings. The van der Waals surface area contributed by atoms with Gasteiger partial charge in [0.2, 0.25) is 0 Å². The predicted octanol–water partition coefficient (Wildman–Crippen LogP) is 1.00. The van der Waals surface area contributed by atoms with E-state index in [2.05, 4.69) is 24.2 Å². The Bertz CT molecular complexity index is 209. The van der Waals surface area contributed by atoms with E-state index in [9.17, 15) is 0 Å². The van der Waals surface area contributed by atoms with E-state index in [0.717, 1.165) is 18.6 Å².